The Bertz CT molecular complexity index is 185. The monoisotopic (exact) mass is 162 g/mol. The standard InChI is InChI=1S/C7H8OS.Na/c1-6-2-4-7(9-8)5-3-6;/h2-5,8H,1H3;/q;+1/p-1. The first-order chi connectivity index (χ1) is 4.33. The van der Waals surface area contributed by atoms with Crippen LogP contribution in [0.4, 0.5) is 0 Å². The molecule has 0 amide bonds. The van der Waals surface area contributed by atoms with Gasteiger partial charge in [-0.05, 0) is 24.0 Å². The molecule has 0 aromatic heterocycles. The van der Waals surface area contributed by atoms with Crippen molar-refractivity contribution >= 4 is 12.0 Å². The van der Waals surface area contributed by atoms with Crippen molar-refractivity contribution in [1.82, 2.24) is 0 Å². The first-order valence-electron chi connectivity index (χ1n) is 2.69. The normalized spacial score (nSPS) is 8.60. The first kappa shape index (κ1) is 10.5. The molecule has 0 unspecified atom stereocenters. The second kappa shape index (κ2) is 5.22. The van der Waals surface area contributed by atoms with E-state index in [9.17, 15) is 4.55 Å². The topological polar surface area (TPSA) is 23.1 Å². The summed E-state index contributed by atoms with van der Waals surface area (Å²) in [6, 6.07) is 7.51. The molecule has 0 heterocycles. The van der Waals surface area contributed by atoms with Gasteiger partial charge in [0.2, 0.25) is 0 Å². The summed E-state index contributed by atoms with van der Waals surface area (Å²) in [5.74, 6) is 0. The van der Waals surface area contributed by atoms with E-state index in [2.05, 4.69) is 0 Å². The third-order valence-corrected chi connectivity index (χ3v) is 1.58. The minimum absolute atomic E-state index is 0. The summed E-state index contributed by atoms with van der Waals surface area (Å²) in [5, 5.41) is 0. The summed E-state index contributed by atoms with van der Waals surface area (Å²) in [6.45, 7) is 2.00. The number of hydrogen-bond acceptors (Lipinski definition) is 2. The molecule has 0 spiro atoms. The van der Waals surface area contributed by atoms with E-state index >= 15 is 0 Å². The molecule has 0 bridgehead atoms. The molecule has 0 aliphatic rings. The third kappa shape index (κ3) is 3.08. The van der Waals surface area contributed by atoms with E-state index in [1.165, 1.54) is 5.56 Å². The molecule has 0 aliphatic carbocycles. The van der Waals surface area contributed by atoms with Crippen molar-refractivity contribution in [2.24, 2.45) is 0 Å². The molecule has 1 nitrogen and oxygen atoms in total. The van der Waals surface area contributed by atoms with Gasteiger partial charge in [0.25, 0.3) is 0 Å². The quantitative estimate of drug-likeness (QED) is 0.399. The minimum atomic E-state index is 0. The molecule has 3 heteroatoms. The molecule has 0 aliphatic heterocycles. The fourth-order valence-corrected chi connectivity index (χ4v) is 0.841. The molecule has 10 heavy (non-hydrogen) atoms. The van der Waals surface area contributed by atoms with Crippen molar-refractivity contribution in [3.63, 3.8) is 0 Å². The Morgan fingerprint density at radius 3 is 2.10 bits per heavy atom. The maximum atomic E-state index is 10.2. The second-order valence-electron chi connectivity index (χ2n) is 1.90. The molecule has 0 N–H and O–H groups in total. The third-order valence-electron chi connectivity index (χ3n) is 1.12. The number of rotatable bonds is 1. The van der Waals surface area contributed by atoms with E-state index in [-0.39, 0.29) is 29.6 Å². The summed E-state index contributed by atoms with van der Waals surface area (Å²) < 4.78 is 10.2. The molecule has 0 saturated carbocycles. The fraction of sp³-hybridized carbons (Fsp3) is 0.143. The predicted molar refractivity (Wildman–Crippen MR) is 37.8 cm³/mol. The van der Waals surface area contributed by atoms with Crippen LogP contribution in [0, 0.1) is 6.92 Å². The fourth-order valence-electron chi connectivity index (χ4n) is 0.594. The molecular formula is C7H7NaOS. The van der Waals surface area contributed by atoms with Gasteiger partial charge in [0.15, 0.2) is 0 Å². The van der Waals surface area contributed by atoms with E-state index in [1.807, 2.05) is 31.2 Å². The molecule has 0 radical (unpaired) electrons. The Kier molecular flexibility index (Phi) is 5.49. The van der Waals surface area contributed by atoms with Gasteiger partial charge >= 0.3 is 29.6 Å². The molecule has 1 rings (SSSR count). The van der Waals surface area contributed by atoms with Gasteiger partial charge in [-0.15, -0.1) is 0 Å². The SMILES string of the molecule is Cc1ccc(S[O-])cc1.[Na+]. The zero-order chi connectivity index (χ0) is 6.69. The van der Waals surface area contributed by atoms with Crippen LogP contribution >= 0.6 is 12.0 Å². The van der Waals surface area contributed by atoms with Gasteiger partial charge in [0, 0.05) is 0 Å². The van der Waals surface area contributed by atoms with Crippen LogP contribution in [0.15, 0.2) is 29.2 Å². The van der Waals surface area contributed by atoms with E-state index in [1.54, 1.807) is 0 Å². The Labute approximate surface area is 87.3 Å². The Hall–Kier alpha value is 0.530. The van der Waals surface area contributed by atoms with Gasteiger partial charge in [-0.1, -0.05) is 17.7 Å². The van der Waals surface area contributed by atoms with Crippen LogP contribution in [-0.2, 0) is 0 Å². The molecule has 0 saturated heterocycles. The van der Waals surface area contributed by atoms with Crippen LogP contribution in [0.1, 0.15) is 5.56 Å². The van der Waals surface area contributed by atoms with Crippen LogP contribution in [-0.4, -0.2) is 4.55 Å². The van der Waals surface area contributed by atoms with Crippen molar-refractivity contribution in [3.05, 3.63) is 29.8 Å². The van der Waals surface area contributed by atoms with Crippen molar-refractivity contribution in [2.45, 2.75) is 11.8 Å². The molecule has 0 fully saturated rings. The molecular weight excluding hydrogens is 155 g/mol. The maximum absolute atomic E-state index is 10.2. The number of benzene rings is 1. The molecule has 48 valence electrons. The van der Waals surface area contributed by atoms with Gasteiger partial charge in [-0.2, -0.15) is 0 Å². The maximum Gasteiger partial charge on any atom is 1.00 e. The first-order valence-corrected chi connectivity index (χ1v) is 3.43. The van der Waals surface area contributed by atoms with Crippen molar-refractivity contribution in [3.8, 4) is 0 Å². The van der Waals surface area contributed by atoms with Gasteiger partial charge in [-0.3, -0.25) is 0 Å². The van der Waals surface area contributed by atoms with Crippen LogP contribution in [0.2, 0.25) is 0 Å². The van der Waals surface area contributed by atoms with Crippen LogP contribution in [0.3, 0.4) is 0 Å². The van der Waals surface area contributed by atoms with E-state index < -0.39 is 0 Å². The van der Waals surface area contributed by atoms with Gasteiger partial charge in [0.1, 0.15) is 0 Å². The number of aryl methyl sites for hydroxylation is 1. The number of hydrogen-bond donors (Lipinski definition) is 0. The largest absolute Gasteiger partial charge is 1.00 e. The van der Waals surface area contributed by atoms with Crippen LogP contribution < -0.4 is 29.6 Å². The van der Waals surface area contributed by atoms with E-state index in [0.717, 1.165) is 4.90 Å². The molecule has 1 aromatic carbocycles. The van der Waals surface area contributed by atoms with E-state index in [0.29, 0.717) is 12.0 Å². The molecule has 0 atom stereocenters. The van der Waals surface area contributed by atoms with Crippen molar-refractivity contribution in [1.29, 1.82) is 0 Å². The zero-order valence-electron chi connectivity index (χ0n) is 6.13. The predicted octanol–water partition coefficient (Wildman–Crippen LogP) is -0.778. The second-order valence-corrected chi connectivity index (χ2v) is 2.53. The van der Waals surface area contributed by atoms with Crippen LogP contribution in [0.25, 0.3) is 0 Å². The molecule has 1 aromatic rings. The summed E-state index contributed by atoms with van der Waals surface area (Å²) >= 11 is 0.527. The Balaban J connectivity index is 0.000000810. The average Bonchev–Trinajstić information content (AvgIpc) is 1.90. The Morgan fingerprint density at radius 1 is 1.20 bits per heavy atom. The Morgan fingerprint density at radius 2 is 1.70 bits per heavy atom. The summed E-state index contributed by atoms with van der Waals surface area (Å²) in [7, 11) is 0. The van der Waals surface area contributed by atoms with Gasteiger partial charge in [-0.25, -0.2) is 12.0 Å². The summed E-state index contributed by atoms with van der Waals surface area (Å²) in [6.07, 6.45) is 0. The summed E-state index contributed by atoms with van der Waals surface area (Å²) in [5.41, 5.74) is 1.19. The van der Waals surface area contributed by atoms with Crippen molar-refractivity contribution < 1.29 is 34.1 Å². The minimum Gasteiger partial charge on any atom is -0.795 e. The van der Waals surface area contributed by atoms with Crippen LogP contribution in [0.5, 0.6) is 0 Å². The van der Waals surface area contributed by atoms with Gasteiger partial charge < -0.3 is 4.55 Å². The average molecular weight is 162 g/mol. The van der Waals surface area contributed by atoms with E-state index in [4.69, 9.17) is 0 Å². The van der Waals surface area contributed by atoms with Crippen molar-refractivity contribution in [2.75, 3.05) is 0 Å². The zero-order valence-corrected chi connectivity index (χ0v) is 8.94. The smallest absolute Gasteiger partial charge is 0.795 e. The van der Waals surface area contributed by atoms with Gasteiger partial charge in [0.05, 0.1) is 0 Å². The summed E-state index contributed by atoms with van der Waals surface area (Å²) in [4.78, 5) is 0.778.